The van der Waals surface area contributed by atoms with Crippen molar-refractivity contribution in [2.75, 3.05) is 7.05 Å². The number of rotatable bonds is 3. The van der Waals surface area contributed by atoms with Crippen LogP contribution >= 0.6 is 0 Å². The molecule has 0 heterocycles. The molecule has 1 rings (SSSR count). The Balaban J connectivity index is 2.30. The molecule has 0 aromatic carbocycles. The highest BCUT2D eigenvalue weighted by molar-refractivity contribution is 4.79. The Bertz CT molecular complexity index is 134. The molecule has 13 heavy (non-hydrogen) atoms. The molecular formula is C12H25N. The Hall–Kier alpha value is -0.0400. The van der Waals surface area contributed by atoms with Gasteiger partial charge in [-0.25, -0.2) is 0 Å². The molecule has 0 aromatic heterocycles. The van der Waals surface area contributed by atoms with Crippen molar-refractivity contribution >= 4 is 0 Å². The zero-order valence-corrected chi connectivity index (χ0v) is 9.64. The number of nitrogens with one attached hydrogen (secondary N) is 1. The lowest BCUT2D eigenvalue weighted by molar-refractivity contribution is 0.198. The summed E-state index contributed by atoms with van der Waals surface area (Å²) in [6.07, 6.45) is 5.78. The monoisotopic (exact) mass is 183 g/mol. The second kappa shape index (κ2) is 4.99. The van der Waals surface area contributed by atoms with Gasteiger partial charge < -0.3 is 5.32 Å². The summed E-state index contributed by atoms with van der Waals surface area (Å²) in [7, 11) is 2.08. The minimum atomic E-state index is 0.716. The third-order valence-electron chi connectivity index (χ3n) is 3.92. The SMILES string of the molecule is CNC(C)C1CCC(C(C)C)CC1. The van der Waals surface area contributed by atoms with Crippen LogP contribution in [0.25, 0.3) is 0 Å². The van der Waals surface area contributed by atoms with Crippen LogP contribution in [-0.4, -0.2) is 13.1 Å². The average Bonchev–Trinajstić information content (AvgIpc) is 2.17. The normalized spacial score (nSPS) is 32.1. The molecule has 0 aromatic rings. The maximum absolute atomic E-state index is 3.38. The fourth-order valence-corrected chi connectivity index (χ4v) is 2.55. The molecule has 1 unspecified atom stereocenters. The molecule has 1 saturated carbocycles. The van der Waals surface area contributed by atoms with E-state index in [0.29, 0.717) is 6.04 Å². The Morgan fingerprint density at radius 3 is 1.77 bits per heavy atom. The van der Waals surface area contributed by atoms with Crippen molar-refractivity contribution in [1.82, 2.24) is 5.32 Å². The largest absolute Gasteiger partial charge is 0.317 e. The van der Waals surface area contributed by atoms with E-state index in [9.17, 15) is 0 Å². The summed E-state index contributed by atoms with van der Waals surface area (Å²) in [4.78, 5) is 0. The summed E-state index contributed by atoms with van der Waals surface area (Å²) in [5.74, 6) is 2.83. The van der Waals surface area contributed by atoms with Crippen molar-refractivity contribution in [3.8, 4) is 0 Å². The first-order chi connectivity index (χ1) is 6.15. The second-order valence-corrected chi connectivity index (χ2v) is 5.00. The van der Waals surface area contributed by atoms with E-state index < -0.39 is 0 Å². The molecule has 1 heteroatoms. The number of hydrogen-bond donors (Lipinski definition) is 1. The van der Waals surface area contributed by atoms with E-state index in [2.05, 4.69) is 33.1 Å². The second-order valence-electron chi connectivity index (χ2n) is 5.00. The standard InChI is InChI=1S/C12H25N/c1-9(2)11-5-7-12(8-6-11)10(3)13-4/h9-13H,5-8H2,1-4H3. The van der Waals surface area contributed by atoms with Gasteiger partial charge in [0.2, 0.25) is 0 Å². The van der Waals surface area contributed by atoms with Gasteiger partial charge in [-0.1, -0.05) is 13.8 Å². The van der Waals surface area contributed by atoms with Crippen molar-refractivity contribution in [2.24, 2.45) is 17.8 Å². The first kappa shape index (κ1) is 11.0. The van der Waals surface area contributed by atoms with E-state index in [4.69, 9.17) is 0 Å². The van der Waals surface area contributed by atoms with E-state index in [1.54, 1.807) is 0 Å². The van der Waals surface area contributed by atoms with Crippen molar-refractivity contribution < 1.29 is 0 Å². The van der Waals surface area contributed by atoms with Gasteiger partial charge in [0.1, 0.15) is 0 Å². The lowest BCUT2D eigenvalue weighted by Crippen LogP contribution is -2.33. The van der Waals surface area contributed by atoms with Crippen LogP contribution in [0.2, 0.25) is 0 Å². The first-order valence-electron chi connectivity index (χ1n) is 5.82. The maximum atomic E-state index is 3.38. The summed E-state index contributed by atoms with van der Waals surface area (Å²) in [5, 5.41) is 3.38. The van der Waals surface area contributed by atoms with Crippen LogP contribution in [0.15, 0.2) is 0 Å². The molecule has 1 aliphatic rings. The smallest absolute Gasteiger partial charge is 0.00640 e. The van der Waals surface area contributed by atoms with Gasteiger partial charge in [0.15, 0.2) is 0 Å². The van der Waals surface area contributed by atoms with E-state index in [-0.39, 0.29) is 0 Å². The molecule has 78 valence electrons. The molecule has 0 spiro atoms. The zero-order valence-electron chi connectivity index (χ0n) is 9.64. The predicted octanol–water partition coefficient (Wildman–Crippen LogP) is 3.06. The predicted molar refractivity (Wildman–Crippen MR) is 58.8 cm³/mol. The molecule has 0 aliphatic heterocycles. The minimum Gasteiger partial charge on any atom is -0.317 e. The lowest BCUT2D eigenvalue weighted by Gasteiger charge is -2.33. The average molecular weight is 183 g/mol. The van der Waals surface area contributed by atoms with Gasteiger partial charge in [-0.3, -0.25) is 0 Å². The Morgan fingerprint density at radius 2 is 1.38 bits per heavy atom. The van der Waals surface area contributed by atoms with Gasteiger partial charge in [0.05, 0.1) is 0 Å². The summed E-state index contributed by atoms with van der Waals surface area (Å²) in [6, 6.07) is 0.716. The third kappa shape index (κ3) is 2.98. The van der Waals surface area contributed by atoms with Gasteiger partial charge in [0, 0.05) is 6.04 Å². The fourth-order valence-electron chi connectivity index (χ4n) is 2.55. The van der Waals surface area contributed by atoms with E-state index in [0.717, 1.165) is 17.8 Å². The summed E-state index contributed by atoms with van der Waals surface area (Å²) < 4.78 is 0. The van der Waals surface area contributed by atoms with Crippen LogP contribution in [0.1, 0.15) is 46.5 Å². The topological polar surface area (TPSA) is 12.0 Å². The van der Waals surface area contributed by atoms with Gasteiger partial charge >= 0.3 is 0 Å². The Morgan fingerprint density at radius 1 is 0.923 bits per heavy atom. The number of hydrogen-bond acceptors (Lipinski definition) is 1. The Kier molecular flexibility index (Phi) is 4.24. The molecule has 1 fully saturated rings. The van der Waals surface area contributed by atoms with Gasteiger partial charge in [-0.05, 0) is 57.4 Å². The summed E-state index contributed by atoms with van der Waals surface area (Å²) in [5.41, 5.74) is 0. The minimum absolute atomic E-state index is 0.716. The summed E-state index contributed by atoms with van der Waals surface area (Å²) >= 11 is 0. The molecule has 0 radical (unpaired) electrons. The molecule has 1 nitrogen and oxygen atoms in total. The molecule has 1 N–H and O–H groups in total. The first-order valence-corrected chi connectivity index (χ1v) is 5.82. The molecule has 0 saturated heterocycles. The quantitative estimate of drug-likeness (QED) is 0.709. The van der Waals surface area contributed by atoms with Crippen LogP contribution < -0.4 is 5.32 Å². The van der Waals surface area contributed by atoms with Crippen LogP contribution in [-0.2, 0) is 0 Å². The summed E-state index contributed by atoms with van der Waals surface area (Å²) in [6.45, 7) is 7.05. The molecular weight excluding hydrogens is 158 g/mol. The third-order valence-corrected chi connectivity index (χ3v) is 3.92. The van der Waals surface area contributed by atoms with Crippen molar-refractivity contribution in [3.05, 3.63) is 0 Å². The van der Waals surface area contributed by atoms with Gasteiger partial charge in [-0.2, -0.15) is 0 Å². The van der Waals surface area contributed by atoms with Crippen LogP contribution in [0.3, 0.4) is 0 Å². The van der Waals surface area contributed by atoms with Gasteiger partial charge in [-0.15, -0.1) is 0 Å². The van der Waals surface area contributed by atoms with E-state index >= 15 is 0 Å². The molecule has 0 amide bonds. The molecule has 0 bridgehead atoms. The fraction of sp³-hybridized carbons (Fsp3) is 1.00. The highest BCUT2D eigenvalue weighted by Gasteiger charge is 2.25. The Labute approximate surface area is 83.3 Å². The zero-order chi connectivity index (χ0) is 9.84. The maximum Gasteiger partial charge on any atom is 0.00640 e. The highest BCUT2D eigenvalue weighted by atomic mass is 14.9. The van der Waals surface area contributed by atoms with Crippen LogP contribution in [0.4, 0.5) is 0 Å². The van der Waals surface area contributed by atoms with Crippen molar-refractivity contribution in [3.63, 3.8) is 0 Å². The molecule has 1 atom stereocenters. The van der Waals surface area contributed by atoms with E-state index in [1.807, 2.05) is 0 Å². The van der Waals surface area contributed by atoms with Crippen molar-refractivity contribution in [1.29, 1.82) is 0 Å². The lowest BCUT2D eigenvalue weighted by atomic mass is 9.75. The van der Waals surface area contributed by atoms with Crippen molar-refractivity contribution in [2.45, 2.75) is 52.5 Å². The van der Waals surface area contributed by atoms with Crippen LogP contribution in [0, 0.1) is 17.8 Å². The molecule has 1 aliphatic carbocycles. The highest BCUT2D eigenvalue weighted by Crippen LogP contribution is 2.34. The van der Waals surface area contributed by atoms with Gasteiger partial charge in [0.25, 0.3) is 0 Å². The van der Waals surface area contributed by atoms with Crippen LogP contribution in [0.5, 0.6) is 0 Å². The van der Waals surface area contributed by atoms with E-state index in [1.165, 1.54) is 25.7 Å².